The number of hydrogen-bond acceptors (Lipinski definition) is 4. The van der Waals surface area contributed by atoms with E-state index in [1.807, 2.05) is 30.3 Å². The van der Waals surface area contributed by atoms with Crippen molar-refractivity contribution < 1.29 is 19.1 Å². The fourth-order valence-electron chi connectivity index (χ4n) is 1.82. The Bertz CT molecular complexity index is 790. The van der Waals surface area contributed by atoms with Crippen LogP contribution in [-0.2, 0) is 4.74 Å². The van der Waals surface area contributed by atoms with E-state index in [4.69, 9.17) is 9.47 Å². The van der Waals surface area contributed by atoms with E-state index in [2.05, 4.69) is 11.8 Å². The maximum Gasteiger partial charge on any atom is 0.514 e. The Morgan fingerprint density at radius 1 is 0.917 bits per heavy atom. The smallest absolute Gasteiger partial charge is 0.428 e. The third kappa shape index (κ3) is 5.29. The molecule has 24 heavy (non-hydrogen) atoms. The number of rotatable bonds is 2. The summed E-state index contributed by atoms with van der Waals surface area (Å²) in [5, 5.41) is 0. The second-order valence-corrected chi connectivity index (χ2v) is 6.01. The number of carbonyl (C=O) groups is 2. The highest BCUT2D eigenvalue weighted by Gasteiger charge is 2.20. The lowest BCUT2D eigenvalue weighted by molar-refractivity contribution is 0.0205. The molecule has 122 valence electrons. The van der Waals surface area contributed by atoms with E-state index in [9.17, 15) is 9.59 Å². The summed E-state index contributed by atoms with van der Waals surface area (Å²) < 4.78 is 10.2. The van der Waals surface area contributed by atoms with Gasteiger partial charge in [-0.25, -0.2) is 4.79 Å². The Morgan fingerprint density at radius 3 is 2.21 bits per heavy atom. The van der Waals surface area contributed by atoms with Gasteiger partial charge >= 0.3 is 6.16 Å². The molecule has 0 atom stereocenters. The highest BCUT2D eigenvalue weighted by atomic mass is 16.7. The molecule has 4 nitrogen and oxygen atoms in total. The summed E-state index contributed by atoms with van der Waals surface area (Å²) in [6.07, 6.45) is -0.862. The minimum absolute atomic E-state index is 0.124. The van der Waals surface area contributed by atoms with Crippen LogP contribution >= 0.6 is 0 Å². The van der Waals surface area contributed by atoms with Gasteiger partial charge in [0.2, 0.25) is 5.78 Å². The van der Waals surface area contributed by atoms with Gasteiger partial charge in [0.1, 0.15) is 11.4 Å². The van der Waals surface area contributed by atoms with Crippen LogP contribution in [0.3, 0.4) is 0 Å². The third-order valence-electron chi connectivity index (χ3n) is 2.81. The topological polar surface area (TPSA) is 52.6 Å². The van der Waals surface area contributed by atoms with Gasteiger partial charge in [-0.15, -0.1) is 0 Å². The number of hydrogen-bond donors (Lipinski definition) is 0. The van der Waals surface area contributed by atoms with E-state index in [-0.39, 0.29) is 11.3 Å². The first kappa shape index (κ1) is 17.3. The molecular formula is C20H18O4. The lowest BCUT2D eigenvalue weighted by atomic mass is 10.1. The van der Waals surface area contributed by atoms with E-state index in [0.717, 1.165) is 5.56 Å². The van der Waals surface area contributed by atoms with Crippen molar-refractivity contribution in [1.29, 1.82) is 0 Å². The Labute approximate surface area is 141 Å². The molecule has 2 aromatic rings. The monoisotopic (exact) mass is 322 g/mol. The molecule has 0 fully saturated rings. The van der Waals surface area contributed by atoms with Crippen LogP contribution in [0.5, 0.6) is 5.75 Å². The number of Topliss-reactive ketones (excluding diaryl/α,β-unsaturated/α-hetero) is 1. The van der Waals surface area contributed by atoms with Crippen molar-refractivity contribution in [2.45, 2.75) is 26.4 Å². The summed E-state index contributed by atoms with van der Waals surface area (Å²) in [6, 6.07) is 15.6. The molecule has 0 aromatic heterocycles. The van der Waals surface area contributed by atoms with Crippen molar-refractivity contribution in [3.05, 3.63) is 65.7 Å². The van der Waals surface area contributed by atoms with Crippen LogP contribution in [0.4, 0.5) is 4.79 Å². The second-order valence-electron chi connectivity index (χ2n) is 6.01. The quantitative estimate of drug-likeness (QED) is 0.359. The maximum atomic E-state index is 12.3. The minimum atomic E-state index is -0.862. The minimum Gasteiger partial charge on any atom is -0.428 e. The highest BCUT2D eigenvalue weighted by Crippen LogP contribution is 2.20. The molecule has 0 radical (unpaired) electrons. The summed E-state index contributed by atoms with van der Waals surface area (Å²) >= 11 is 0. The Hall–Kier alpha value is -3.06. The summed E-state index contributed by atoms with van der Waals surface area (Å²) in [7, 11) is 0. The summed E-state index contributed by atoms with van der Waals surface area (Å²) in [4.78, 5) is 24.1. The van der Waals surface area contributed by atoms with E-state index in [0.29, 0.717) is 0 Å². The predicted molar refractivity (Wildman–Crippen MR) is 91.0 cm³/mol. The average Bonchev–Trinajstić information content (AvgIpc) is 2.52. The van der Waals surface area contributed by atoms with Crippen molar-refractivity contribution in [3.8, 4) is 17.6 Å². The van der Waals surface area contributed by atoms with Crippen LogP contribution in [0, 0.1) is 11.8 Å². The molecule has 0 saturated carbocycles. The summed E-state index contributed by atoms with van der Waals surface area (Å²) in [5.41, 5.74) is 0.270. The van der Waals surface area contributed by atoms with E-state index >= 15 is 0 Å². The molecule has 0 amide bonds. The molecule has 0 N–H and O–H groups in total. The molecule has 0 spiro atoms. The molecule has 0 unspecified atom stereocenters. The van der Waals surface area contributed by atoms with Gasteiger partial charge in [0.25, 0.3) is 0 Å². The van der Waals surface area contributed by atoms with Gasteiger partial charge < -0.3 is 9.47 Å². The molecule has 0 bridgehead atoms. The molecule has 0 aliphatic rings. The predicted octanol–water partition coefficient (Wildman–Crippen LogP) is 4.23. The molecule has 2 aromatic carbocycles. The number of carbonyl (C=O) groups excluding carboxylic acids is 2. The fourth-order valence-corrected chi connectivity index (χ4v) is 1.82. The SMILES string of the molecule is CC(C)(C)OC(=O)Oc1ccccc1C(=O)C#Cc1ccccc1. The lowest BCUT2D eigenvalue weighted by Crippen LogP contribution is -2.26. The second kappa shape index (κ2) is 7.47. The van der Waals surface area contributed by atoms with E-state index in [1.165, 1.54) is 6.07 Å². The first-order valence-corrected chi connectivity index (χ1v) is 7.46. The first-order chi connectivity index (χ1) is 11.3. The van der Waals surface area contributed by atoms with Crippen molar-refractivity contribution in [2.24, 2.45) is 0 Å². The molecule has 2 rings (SSSR count). The molecule has 4 heteroatoms. The average molecular weight is 322 g/mol. The van der Waals surface area contributed by atoms with Crippen LogP contribution in [0.1, 0.15) is 36.7 Å². The standard InChI is InChI=1S/C20H18O4/c1-20(2,3)24-19(22)23-18-12-8-7-11-16(18)17(21)14-13-15-9-5-4-6-10-15/h4-12H,1-3H3. The van der Waals surface area contributed by atoms with Gasteiger partial charge in [-0.2, -0.15) is 0 Å². The summed E-state index contributed by atoms with van der Waals surface area (Å²) in [6.45, 7) is 5.20. The normalized spacial score (nSPS) is 10.3. The van der Waals surface area contributed by atoms with E-state index < -0.39 is 17.5 Å². The molecule has 0 heterocycles. The lowest BCUT2D eigenvalue weighted by Gasteiger charge is -2.19. The van der Waals surface area contributed by atoms with E-state index in [1.54, 1.807) is 39.0 Å². The van der Waals surface area contributed by atoms with Crippen LogP contribution in [0.15, 0.2) is 54.6 Å². The number of benzene rings is 2. The van der Waals surface area contributed by atoms with Gasteiger partial charge in [-0.1, -0.05) is 36.3 Å². The fraction of sp³-hybridized carbons (Fsp3) is 0.200. The van der Waals surface area contributed by atoms with Crippen LogP contribution < -0.4 is 4.74 Å². The zero-order chi connectivity index (χ0) is 17.6. The molecule has 0 saturated heterocycles. The van der Waals surface area contributed by atoms with Crippen LogP contribution in [-0.4, -0.2) is 17.5 Å². The van der Waals surface area contributed by atoms with Gasteiger partial charge in [0.05, 0.1) is 5.56 Å². The van der Waals surface area contributed by atoms with Gasteiger partial charge in [-0.05, 0) is 51.0 Å². The third-order valence-corrected chi connectivity index (χ3v) is 2.81. The molecule has 0 aliphatic heterocycles. The molecule has 0 aliphatic carbocycles. The van der Waals surface area contributed by atoms with Crippen molar-refractivity contribution >= 4 is 11.9 Å². The van der Waals surface area contributed by atoms with Gasteiger partial charge in [-0.3, -0.25) is 4.79 Å². The van der Waals surface area contributed by atoms with Crippen LogP contribution in [0.25, 0.3) is 0 Å². The highest BCUT2D eigenvalue weighted by molar-refractivity contribution is 6.11. The zero-order valence-electron chi connectivity index (χ0n) is 13.8. The number of para-hydroxylation sites is 1. The van der Waals surface area contributed by atoms with Crippen molar-refractivity contribution in [1.82, 2.24) is 0 Å². The van der Waals surface area contributed by atoms with Crippen LogP contribution in [0.2, 0.25) is 0 Å². The summed E-state index contributed by atoms with van der Waals surface area (Å²) in [5.74, 6) is 5.04. The zero-order valence-corrected chi connectivity index (χ0v) is 13.8. The number of ketones is 1. The Kier molecular flexibility index (Phi) is 5.39. The first-order valence-electron chi connectivity index (χ1n) is 7.46. The van der Waals surface area contributed by atoms with Crippen molar-refractivity contribution in [3.63, 3.8) is 0 Å². The van der Waals surface area contributed by atoms with Gasteiger partial charge in [0.15, 0.2) is 0 Å². The number of ether oxygens (including phenoxy) is 2. The Morgan fingerprint density at radius 2 is 1.54 bits per heavy atom. The largest absolute Gasteiger partial charge is 0.514 e. The van der Waals surface area contributed by atoms with Crippen molar-refractivity contribution in [2.75, 3.05) is 0 Å². The maximum absolute atomic E-state index is 12.3. The Balaban J connectivity index is 2.18. The van der Waals surface area contributed by atoms with Gasteiger partial charge in [0, 0.05) is 5.56 Å². The molecular weight excluding hydrogens is 304 g/mol.